The van der Waals surface area contributed by atoms with Crippen molar-refractivity contribution in [1.82, 2.24) is 9.97 Å². The first kappa shape index (κ1) is 7.68. The molecule has 3 nitrogen and oxygen atoms in total. The maximum atomic E-state index is 8.95. The minimum absolute atomic E-state index is 0.0863. The van der Waals surface area contributed by atoms with Gasteiger partial charge in [-0.1, -0.05) is 6.92 Å². The Balaban J connectivity index is 2.23. The molecule has 0 aromatic carbocycles. The summed E-state index contributed by atoms with van der Waals surface area (Å²) in [6.07, 6.45) is 6.19. The Morgan fingerprint density at radius 1 is 1.67 bits per heavy atom. The van der Waals surface area contributed by atoms with Gasteiger partial charge < -0.3 is 5.11 Å². The summed E-state index contributed by atoms with van der Waals surface area (Å²) in [6, 6.07) is 0. The van der Waals surface area contributed by atoms with Crippen LogP contribution in [0.15, 0.2) is 18.6 Å². The lowest BCUT2D eigenvalue weighted by atomic mass is 10.0. The lowest BCUT2D eigenvalue weighted by molar-refractivity contribution is 0.265. The van der Waals surface area contributed by atoms with E-state index in [0.29, 0.717) is 5.92 Å². The van der Waals surface area contributed by atoms with E-state index >= 15 is 0 Å². The van der Waals surface area contributed by atoms with E-state index in [2.05, 4.69) is 16.9 Å². The summed E-state index contributed by atoms with van der Waals surface area (Å²) in [5.74, 6) is 0.384. The number of hydrogen-bond donors (Lipinski definition) is 1. The van der Waals surface area contributed by atoms with Crippen molar-refractivity contribution in [3.8, 4) is 0 Å². The molecule has 1 fully saturated rings. The highest BCUT2D eigenvalue weighted by molar-refractivity contribution is 5.23. The monoisotopic (exact) mass is 164 g/mol. The Labute approximate surface area is 71.5 Å². The van der Waals surface area contributed by atoms with Crippen LogP contribution in [0.3, 0.4) is 0 Å². The molecule has 1 aromatic rings. The fourth-order valence-corrected chi connectivity index (χ4v) is 1.63. The van der Waals surface area contributed by atoms with E-state index in [1.165, 1.54) is 0 Å². The second-order valence-electron chi connectivity index (χ2n) is 3.59. The fraction of sp³-hybridized carbons (Fsp3) is 0.556. The van der Waals surface area contributed by atoms with Gasteiger partial charge in [0.05, 0.1) is 5.69 Å². The van der Waals surface area contributed by atoms with Crippen molar-refractivity contribution in [3.05, 3.63) is 24.3 Å². The second kappa shape index (κ2) is 2.52. The number of aliphatic hydroxyl groups is 1. The summed E-state index contributed by atoms with van der Waals surface area (Å²) in [5.41, 5.74) is 1.09. The fourth-order valence-electron chi connectivity index (χ4n) is 1.63. The van der Waals surface area contributed by atoms with Crippen molar-refractivity contribution in [2.24, 2.45) is 5.92 Å². The second-order valence-corrected chi connectivity index (χ2v) is 3.59. The zero-order valence-corrected chi connectivity index (χ0v) is 7.07. The standard InChI is InChI=1S/C9H12N2O/c1-9(4-7(9)6-12)8-5-10-2-3-11-8/h2-3,5,7,12H,4,6H2,1H3. The van der Waals surface area contributed by atoms with Gasteiger partial charge in [0.1, 0.15) is 0 Å². The molecule has 0 aliphatic heterocycles. The molecule has 2 rings (SSSR count). The zero-order chi connectivity index (χ0) is 8.60. The van der Waals surface area contributed by atoms with Gasteiger partial charge in [0.2, 0.25) is 0 Å². The summed E-state index contributed by atoms with van der Waals surface area (Å²) in [7, 11) is 0. The van der Waals surface area contributed by atoms with E-state index < -0.39 is 0 Å². The number of aliphatic hydroxyl groups excluding tert-OH is 1. The number of nitrogens with zero attached hydrogens (tertiary/aromatic N) is 2. The van der Waals surface area contributed by atoms with Gasteiger partial charge in [0, 0.05) is 30.6 Å². The summed E-state index contributed by atoms with van der Waals surface area (Å²) < 4.78 is 0. The first-order valence-corrected chi connectivity index (χ1v) is 4.15. The first-order valence-electron chi connectivity index (χ1n) is 4.15. The van der Waals surface area contributed by atoms with Crippen molar-refractivity contribution in [2.45, 2.75) is 18.8 Å². The summed E-state index contributed by atoms with van der Waals surface area (Å²) in [4.78, 5) is 8.25. The van der Waals surface area contributed by atoms with Gasteiger partial charge in [-0.15, -0.1) is 0 Å². The molecule has 0 radical (unpaired) electrons. The van der Waals surface area contributed by atoms with E-state index in [4.69, 9.17) is 5.11 Å². The van der Waals surface area contributed by atoms with Gasteiger partial charge in [-0.2, -0.15) is 0 Å². The molecule has 0 bridgehead atoms. The van der Waals surface area contributed by atoms with Crippen molar-refractivity contribution in [3.63, 3.8) is 0 Å². The van der Waals surface area contributed by atoms with Crippen LogP contribution in [-0.4, -0.2) is 21.7 Å². The Morgan fingerprint density at radius 2 is 2.50 bits per heavy atom. The normalized spacial score (nSPS) is 33.3. The summed E-state index contributed by atoms with van der Waals surface area (Å²) in [5, 5.41) is 8.95. The van der Waals surface area contributed by atoms with Crippen molar-refractivity contribution < 1.29 is 5.11 Å². The minimum atomic E-state index is 0.0863. The van der Waals surface area contributed by atoms with Gasteiger partial charge in [0.25, 0.3) is 0 Å². The molecule has 12 heavy (non-hydrogen) atoms. The third-order valence-electron chi connectivity index (χ3n) is 2.78. The van der Waals surface area contributed by atoms with Crippen LogP contribution in [0.5, 0.6) is 0 Å². The molecule has 0 saturated heterocycles. The quantitative estimate of drug-likeness (QED) is 0.701. The lowest BCUT2D eigenvalue weighted by Crippen LogP contribution is -2.09. The highest BCUT2D eigenvalue weighted by Crippen LogP contribution is 2.52. The Bertz CT molecular complexity index is 275. The molecule has 2 unspecified atom stereocenters. The van der Waals surface area contributed by atoms with Crippen molar-refractivity contribution in [2.75, 3.05) is 6.61 Å². The molecule has 1 aliphatic rings. The van der Waals surface area contributed by atoms with E-state index in [-0.39, 0.29) is 12.0 Å². The Morgan fingerprint density at radius 3 is 3.00 bits per heavy atom. The molecule has 3 heteroatoms. The van der Waals surface area contributed by atoms with Crippen LogP contribution in [0, 0.1) is 5.92 Å². The third-order valence-corrected chi connectivity index (χ3v) is 2.78. The molecule has 1 saturated carbocycles. The Hall–Kier alpha value is -0.960. The van der Waals surface area contributed by atoms with E-state index in [0.717, 1.165) is 12.1 Å². The Kier molecular flexibility index (Phi) is 1.61. The van der Waals surface area contributed by atoms with E-state index in [1.54, 1.807) is 18.6 Å². The van der Waals surface area contributed by atoms with Crippen molar-refractivity contribution >= 4 is 0 Å². The smallest absolute Gasteiger partial charge is 0.0649 e. The average molecular weight is 164 g/mol. The van der Waals surface area contributed by atoms with Crippen LogP contribution < -0.4 is 0 Å². The summed E-state index contributed by atoms with van der Waals surface area (Å²) in [6.45, 7) is 2.38. The molecule has 1 aromatic heterocycles. The van der Waals surface area contributed by atoms with Gasteiger partial charge >= 0.3 is 0 Å². The van der Waals surface area contributed by atoms with Gasteiger partial charge in [-0.05, 0) is 12.3 Å². The molecular weight excluding hydrogens is 152 g/mol. The highest BCUT2D eigenvalue weighted by Gasteiger charge is 2.51. The maximum absolute atomic E-state index is 8.95. The largest absolute Gasteiger partial charge is 0.396 e. The highest BCUT2D eigenvalue weighted by atomic mass is 16.3. The van der Waals surface area contributed by atoms with Crippen LogP contribution in [0.2, 0.25) is 0 Å². The van der Waals surface area contributed by atoms with Crippen molar-refractivity contribution in [1.29, 1.82) is 0 Å². The van der Waals surface area contributed by atoms with E-state index in [9.17, 15) is 0 Å². The average Bonchev–Trinajstić information content (AvgIpc) is 2.81. The number of aromatic nitrogens is 2. The lowest BCUT2D eigenvalue weighted by Gasteiger charge is -2.07. The molecule has 1 N–H and O–H groups in total. The molecule has 2 atom stereocenters. The SMILES string of the molecule is CC1(c2cnccn2)CC1CO. The van der Waals surface area contributed by atoms with Crippen LogP contribution in [-0.2, 0) is 5.41 Å². The minimum Gasteiger partial charge on any atom is -0.396 e. The molecule has 1 aliphatic carbocycles. The summed E-state index contributed by atoms with van der Waals surface area (Å²) >= 11 is 0. The molecule has 0 spiro atoms. The van der Waals surface area contributed by atoms with Crippen LogP contribution >= 0.6 is 0 Å². The number of rotatable bonds is 2. The predicted molar refractivity (Wildman–Crippen MR) is 44.6 cm³/mol. The van der Waals surface area contributed by atoms with E-state index in [1.807, 2.05) is 0 Å². The number of hydrogen-bond acceptors (Lipinski definition) is 3. The first-order chi connectivity index (χ1) is 5.77. The van der Waals surface area contributed by atoms with Gasteiger partial charge in [-0.3, -0.25) is 9.97 Å². The van der Waals surface area contributed by atoms with Gasteiger partial charge in [-0.25, -0.2) is 0 Å². The molecular formula is C9H12N2O. The van der Waals surface area contributed by atoms with Crippen LogP contribution in [0.1, 0.15) is 19.0 Å². The van der Waals surface area contributed by atoms with Crippen LogP contribution in [0.4, 0.5) is 0 Å². The molecule has 64 valence electrons. The molecule has 0 amide bonds. The van der Waals surface area contributed by atoms with Gasteiger partial charge in [0.15, 0.2) is 0 Å². The topological polar surface area (TPSA) is 46.0 Å². The predicted octanol–water partition coefficient (Wildman–Crippen LogP) is 0.746. The third kappa shape index (κ3) is 1.01. The molecule has 1 heterocycles. The zero-order valence-electron chi connectivity index (χ0n) is 7.07. The maximum Gasteiger partial charge on any atom is 0.0649 e. The van der Waals surface area contributed by atoms with Crippen LogP contribution in [0.25, 0.3) is 0 Å².